The maximum absolute atomic E-state index is 12.3. The molecule has 5 N–H and O–H groups in total. The summed E-state index contributed by atoms with van der Waals surface area (Å²) in [6.45, 7) is 0. The van der Waals surface area contributed by atoms with E-state index in [0.717, 1.165) is 6.08 Å². The van der Waals surface area contributed by atoms with Crippen LogP contribution in [0, 0.1) is 5.41 Å². The largest absolute Gasteiger partial charge is 0.398 e. The lowest BCUT2D eigenvalue weighted by atomic mass is 10.0. The molecule has 0 heterocycles. The van der Waals surface area contributed by atoms with Crippen molar-refractivity contribution in [2.24, 2.45) is 5.73 Å². The van der Waals surface area contributed by atoms with Crippen LogP contribution in [0.25, 0.3) is 5.70 Å². The fraction of sp³-hybridized carbons (Fsp3) is 0.100. The summed E-state index contributed by atoms with van der Waals surface area (Å²) in [6, 6.07) is 10.8. The Labute approximate surface area is 156 Å². The number of aldehydes is 1. The topological polar surface area (TPSA) is 130 Å². The van der Waals surface area contributed by atoms with E-state index in [0.29, 0.717) is 23.0 Å². The van der Waals surface area contributed by atoms with Crippen molar-refractivity contribution in [1.82, 2.24) is 4.90 Å². The minimum absolute atomic E-state index is 0.142. The number of benzene rings is 2. The number of nitrogen functional groups attached to an aromatic ring is 1. The molecular weight excluding hydrogens is 344 g/mol. The zero-order valence-corrected chi connectivity index (χ0v) is 15.0. The number of anilines is 1. The third kappa shape index (κ3) is 4.46. The number of hydrogen-bond acceptors (Lipinski definition) is 6. The number of carbonyl (C=O) groups is 3. The maximum atomic E-state index is 12.3. The molecule has 0 radical (unpaired) electrons. The second-order valence-corrected chi connectivity index (χ2v) is 6.08. The van der Waals surface area contributed by atoms with Crippen molar-refractivity contribution < 1.29 is 14.4 Å². The third-order valence-electron chi connectivity index (χ3n) is 3.89. The summed E-state index contributed by atoms with van der Waals surface area (Å²) in [6.07, 6.45) is 1.77. The Hall–Kier alpha value is -3.74. The molecule has 0 saturated heterocycles. The second kappa shape index (κ2) is 8.09. The number of nitrogens with two attached hydrogens (primary N) is 2. The van der Waals surface area contributed by atoms with Crippen molar-refractivity contribution in [3.05, 3.63) is 70.8 Å². The van der Waals surface area contributed by atoms with Gasteiger partial charge in [-0.3, -0.25) is 19.8 Å². The molecule has 1 amide bonds. The van der Waals surface area contributed by atoms with Crippen molar-refractivity contribution in [2.75, 3.05) is 19.8 Å². The first-order valence-electron chi connectivity index (χ1n) is 8.01. The quantitative estimate of drug-likeness (QED) is 0.311. The van der Waals surface area contributed by atoms with Gasteiger partial charge < -0.3 is 16.4 Å². The Kier molecular flexibility index (Phi) is 5.87. The predicted molar refractivity (Wildman–Crippen MR) is 105 cm³/mol. The summed E-state index contributed by atoms with van der Waals surface area (Å²) in [4.78, 5) is 36.4. The molecule has 2 rings (SSSR count). The molecule has 0 atom stereocenters. The molecule has 0 fully saturated rings. The van der Waals surface area contributed by atoms with E-state index >= 15 is 0 Å². The van der Waals surface area contributed by atoms with Gasteiger partial charge in [-0.1, -0.05) is 18.2 Å². The van der Waals surface area contributed by atoms with Gasteiger partial charge in [0.1, 0.15) is 12.0 Å². The van der Waals surface area contributed by atoms with Gasteiger partial charge in [-0.05, 0) is 29.8 Å². The van der Waals surface area contributed by atoms with Crippen LogP contribution in [0.15, 0.2) is 48.5 Å². The van der Waals surface area contributed by atoms with Crippen molar-refractivity contribution in [1.29, 1.82) is 5.41 Å². The zero-order chi connectivity index (χ0) is 20.1. The highest BCUT2D eigenvalue weighted by molar-refractivity contribution is 6.50. The van der Waals surface area contributed by atoms with Crippen LogP contribution in [-0.2, 0) is 4.79 Å². The number of ketones is 1. The summed E-state index contributed by atoms with van der Waals surface area (Å²) in [5, 5.41) is 8.03. The van der Waals surface area contributed by atoms with E-state index in [1.54, 1.807) is 38.4 Å². The molecule has 7 heteroatoms. The van der Waals surface area contributed by atoms with Gasteiger partial charge in [0.05, 0.1) is 0 Å². The SMILES string of the molecule is CN(C)C(=O)c1ccc(/C(N)=C/C(=O)C(=N)c2ccc(C=O)cc2N)cc1. The van der Waals surface area contributed by atoms with Crippen molar-refractivity contribution in [2.45, 2.75) is 0 Å². The molecule has 0 saturated carbocycles. The smallest absolute Gasteiger partial charge is 0.253 e. The second-order valence-electron chi connectivity index (χ2n) is 6.08. The molecular formula is C20H20N4O3. The number of rotatable bonds is 6. The third-order valence-corrected chi connectivity index (χ3v) is 3.89. The molecule has 0 aliphatic rings. The number of nitrogens with one attached hydrogen (secondary N) is 1. The van der Waals surface area contributed by atoms with E-state index in [9.17, 15) is 14.4 Å². The van der Waals surface area contributed by atoms with Crippen LogP contribution in [0.4, 0.5) is 5.69 Å². The van der Waals surface area contributed by atoms with Crippen LogP contribution < -0.4 is 11.5 Å². The van der Waals surface area contributed by atoms with Crippen LogP contribution >= 0.6 is 0 Å². The molecule has 2 aromatic rings. The molecule has 0 aromatic heterocycles. The van der Waals surface area contributed by atoms with E-state index in [2.05, 4.69) is 0 Å². The van der Waals surface area contributed by atoms with E-state index < -0.39 is 5.78 Å². The highest BCUT2D eigenvalue weighted by Gasteiger charge is 2.14. The Morgan fingerprint density at radius 1 is 1.04 bits per heavy atom. The predicted octanol–water partition coefficient (Wildman–Crippen LogP) is 1.72. The molecule has 7 nitrogen and oxygen atoms in total. The standard InChI is InChI=1S/C20H20N4O3/c1-24(2)20(27)14-6-4-13(5-7-14)16(21)10-18(26)19(23)15-8-3-12(11-25)9-17(15)22/h3-11,23H,21-22H2,1-2H3/b16-10-,23-19?. The summed E-state index contributed by atoms with van der Waals surface area (Å²) in [5.41, 5.74) is 13.4. The molecule has 2 aromatic carbocycles. The molecule has 0 spiro atoms. The summed E-state index contributed by atoms with van der Waals surface area (Å²) < 4.78 is 0. The number of hydrogen-bond donors (Lipinski definition) is 3. The molecule has 138 valence electrons. The Morgan fingerprint density at radius 3 is 2.15 bits per heavy atom. The number of nitrogens with zero attached hydrogens (tertiary/aromatic N) is 1. The van der Waals surface area contributed by atoms with Crippen LogP contribution in [0.2, 0.25) is 0 Å². The first-order chi connectivity index (χ1) is 12.7. The van der Waals surface area contributed by atoms with Gasteiger partial charge in [0.25, 0.3) is 5.91 Å². The van der Waals surface area contributed by atoms with Crippen molar-refractivity contribution >= 4 is 35.1 Å². The van der Waals surface area contributed by atoms with E-state index in [1.165, 1.54) is 23.1 Å². The zero-order valence-electron chi connectivity index (χ0n) is 15.0. The van der Waals surface area contributed by atoms with Crippen LogP contribution in [0.1, 0.15) is 31.8 Å². The fourth-order valence-electron chi connectivity index (χ4n) is 2.38. The number of amides is 1. The Balaban J connectivity index is 2.22. The number of allylic oxidation sites excluding steroid dienone is 1. The Bertz CT molecular complexity index is 944. The molecule has 27 heavy (non-hydrogen) atoms. The molecule has 0 aliphatic heterocycles. The molecule has 0 bridgehead atoms. The monoisotopic (exact) mass is 364 g/mol. The summed E-state index contributed by atoms with van der Waals surface area (Å²) in [5.74, 6) is -0.761. The highest BCUT2D eigenvalue weighted by atomic mass is 16.2. The van der Waals surface area contributed by atoms with Gasteiger partial charge in [-0.2, -0.15) is 0 Å². The summed E-state index contributed by atoms with van der Waals surface area (Å²) in [7, 11) is 3.31. The van der Waals surface area contributed by atoms with Crippen LogP contribution in [-0.4, -0.2) is 42.7 Å². The fourth-order valence-corrected chi connectivity index (χ4v) is 2.38. The van der Waals surface area contributed by atoms with Gasteiger partial charge in [0.2, 0.25) is 5.78 Å². The van der Waals surface area contributed by atoms with E-state index in [1.807, 2.05) is 0 Å². The highest BCUT2D eigenvalue weighted by Crippen LogP contribution is 2.16. The lowest BCUT2D eigenvalue weighted by molar-refractivity contribution is -0.108. The van der Waals surface area contributed by atoms with Gasteiger partial charge in [-0.25, -0.2) is 0 Å². The van der Waals surface area contributed by atoms with Gasteiger partial charge >= 0.3 is 0 Å². The average molecular weight is 364 g/mol. The Morgan fingerprint density at radius 2 is 1.63 bits per heavy atom. The van der Waals surface area contributed by atoms with E-state index in [4.69, 9.17) is 16.9 Å². The van der Waals surface area contributed by atoms with Gasteiger partial charge in [0, 0.05) is 48.2 Å². The van der Waals surface area contributed by atoms with Gasteiger partial charge in [-0.15, -0.1) is 0 Å². The van der Waals surface area contributed by atoms with Crippen LogP contribution in [0.3, 0.4) is 0 Å². The van der Waals surface area contributed by atoms with Crippen LogP contribution in [0.5, 0.6) is 0 Å². The average Bonchev–Trinajstić information content (AvgIpc) is 2.66. The first kappa shape index (κ1) is 19.6. The maximum Gasteiger partial charge on any atom is 0.253 e. The van der Waals surface area contributed by atoms with Crippen molar-refractivity contribution in [3.63, 3.8) is 0 Å². The molecule has 0 aliphatic carbocycles. The van der Waals surface area contributed by atoms with Crippen molar-refractivity contribution in [3.8, 4) is 0 Å². The van der Waals surface area contributed by atoms with Gasteiger partial charge in [0.15, 0.2) is 0 Å². The molecule has 0 unspecified atom stereocenters. The minimum atomic E-state index is -0.619. The number of carbonyl (C=O) groups excluding carboxylic acids is 3. The lowest BCUT2D eigenvalue weighted by Crippen LogP contribution is -2.21. The normalized spacial score (nSPS) is 11.0. The summed E-state index contributed by atoms with van der Waals surface area (Å²) >= 11 is 0. The van der Waals surface area contributed by atoms with E-state index in [-0.39, 0.29) is 28.6 Å². The first-order valence-corrected chi connectivity index (χ1v) is 8.01. The minimum Gasteiger partial charge on any atom is -0.398 e. The lowest BCUT2D eigenvalue weighted by Gasteiger charge is -2.10.